The zero-order chi connectivity index (χ0) is 15.9. The maximum Gasteiger partial charge on any atom is 0.234 e. The lowest BCUT2D eigenvalue weighted by atomic mass is 10.1. The molecule has 2 rings (SSSR count). The van der Waals surface area contributed by atoms with Gasteiger partial charge in [-0.2, -0.15) is 0 Å². The fraction of sp³-hybridized carbons (Fsp3) is 0.235. The lowest BCUT2D eigenvalue weighted by Gasteiger charge is -2.09. The number of halogens is 2. The van der Waals surface area contributed by atoms with Crippen LogP contribution in [0.25, 0.3) is 0 Å². The molecular weight excluding hydrogens is 337 g/mol. The number of hydrogen-bond acceptors (Lipinski definition) is 2. The Bertz CT molecular complexity index is 661. The largest absolute Gasteiger partial charge is 0.325 e. The van der Waals surface area contributed by atoms with Gasteiger partial charge in [-0.05, 0) is 35.7 Å². The fourth-order valence-corrected chi connectivity index (χ4v) is 3.12. The zero-order valence-corrected chi connectivity index (χ0v) is 14.6. The highest BCUT2D eigenvalue weighted by atomic mass is 35.5. The number of carbonyl (C=O) groups excluding carboxylic acids is 1. The Morgan fingerprint density at radius 3 is 2.64 bits per heavy atom. The summed E-state index contributed by atoms with van der Waals surface area (Å²) in [7, 11) is 0. The average Bonchev–Trinajstić information content (AvgIpc) is 2.51. The minimum absolute atomic E-state index is 0.00552. The molecule has 0 unspecified atom stereocenters. The van der Waals surface area contributed by atoms with Crippen molar-refractivity contribution in [3.8, 4) is 0 Å². The van der Waals surface area contributed by atoms with Crippen molar-refractivity contribution in [2.24, 2.45) is 0 Å². The molecule has 5 heteroatoms. The predicted octanol–water partition coefficient (Wildman–Crippen LogP) is 5.43. The first kappa shape index (κ1) is 17.2. The van der Waals surface area contributed by atoms with E-state index in [9.17, 15) is 4.79 Å². The van der Waals surface area contributed by atoms with Crippen LogP contribution in [0, 0.1) is 0 Å². The van der Waals surface area contributed by atoms with E-state index in [1.807, 2.05) is 36.4 Å². The lowest BCUT2D eigenvalue weighted by molar-refractivity contribution is -0.113. The van der Waals surface area contributed by atoms with Gasteiger partial charge >= 0.3 is 0 Å². The first-order valence-corrected chi connectivity index (χ1v) is 8.90. The van der Waals surface area contributed by atoms with Gasteiger partial charge in [0.25, 0.3) is 0 Å². The van der Waals surface area contributed by atoms with Gasteiger partial charge in [-0.3, -0.25) is 4.79 Å². The number of nitrogens with one attached hydrogen (secondary N) is 1. The summed E-state index contributed by atoms with van der Waals surface area (Å²) < 4.78 is 0. The van der Waals surface area contributed by atoms with Gasteiger partial charge in [0.15, 0.2) is 0 Å². The summed E-state index contributed by atoms with van der Waals surface area (Å²) in [5.74, 6) is 1.13. The Labute approximate surface area is 145 Å². The standard InChI is InChI=1S/C17H17Cl2NOS/c1-2-13-5-3-4-6-16(13)20-17(21)11-22-10-12-7-8-14(18)15(19)9-12/h3-9H,2,10-11H2,1H3,(H,20,21). The number of benzene rings is 2. The van der Waals surface area contributed by atoms with Gasteiger partial charge in [-0.15, -0.1) is 11.8 Å². The highest BCUT2D eigenvalue weighted by molar-refractivity contribution is 7.99. The molecule has 0 heterocycles. The quantitative estimate of drug-likeness (QED) is 0.750. The average molecular weight is 354 g/mol. The highest BCUT2D eigenvalue weighted by Gasteiger charge is 2.06. The minimum Gasteiger partial charge on any atom is -0.325 e. The number of para-hydroxylation sites is 1. The molecular formula is C17H17Cl2NOS. The summed E-state index contributed by atoms with van der Waals surface area (Å²) in [6, 6.07) is 13.4. The van der Waals surface area contributed by atoms with E-state index in [0.29, 0.717) is 15.8 Å². The molecule has 1 amide bonds. The third-order valence-corrected chi connectivity index (χ3v) is 4.90. The first-order valence-electron chi connectivity index (χ1n) is 6.99. The van der Waals surface area contributed by atoms with E-state index < -0.39 is 0 Å². The van der Waals surface area contributed by atoms with Crippen LogP contribution in [0.2, 0.25) is 10.0 Å². The molecule has 0 aromatic heterocycles. The van der Waals surface area contributed by atoms with Crippen LogP contribution in [-0.4, -0.2) is 11.7 Å². The van der Waals surface area contributed by atoms with E-state index in [0.717, 1.165) is 29.0 Å². The molecule has 0 aliphatic carbocycles. The first-order chi connectivity index (χ1) is 10.6. The van der Waals surface area contributed by atoms with Gasteiger partial charge in [-0.25, -0.2) is 0 Å². The molecule has 2 nitrogen and oxygen atoms in total. The van der Waals surface area contributed by atoms with Crippen LogP contribution in [0.3, 0.4) is 0 Å². The van der Waals surface area contributed by atoms with Crippen molar-refractivity contribution in [2.45, 2.75) is 19.1 Å². The van der Waals surface area contributed by atoms with Crippen molar-refractivity contribution in [3.63, 3.8) is 0 Å². The molecule has 0 atom stereocenters. The smallest absolute Gasteiger partial charge is 0.234 e. The van der Waals surface area contributed by atoms with Crippen LogP contribution in [-0.2, 0) is 17.0 Å². The number of hydrogen-bond donors (Lipinski definition) is 1. The number of anilines is 1. The Morgan fingerprint density at radius 2 is 1.91 bits per heavy atom. The molecule has 0 saturated heterocycles. The minimum atomic E-state index is 0.00552. The molecule has 0 spiro atoms. The van der Waals surface area contributed by atoms with Crippen molar-refractivity contribution in [2.75, 3.05) is 11.1 Å². The number of thioether (sulfide) groups is 1. The van der Waals surface area contributed by atoms with Crippen molar-refractivity contribution >= 4 is 46.6 Å². The van der Waals surface area contributed by atoms with Gasteiger partial charge in [0.2, 0.25) is 5.91 Å². The molecule has 0 fully saturated rings. The van der Waals surface area contributed by atoms with Crippen LogP contribution in [0.15, 0.2) is 42.5 Å². The molecule has 0 aliphatic heterocycles. The number of rotatable bonds is 6. The van der Waals surface area contributed by atoms with Gasteiger partial charge in [0.05, 0.1) is 15.8 Å². The van der Waals surface area contributed by atoms with Gasteiger partial charge in [0.1, 0.15) is 0 Å². The molecule has 2 aromatic carbocycles. The van der Waals surface area contributed by atoms with Crippen molar-refractivity contribution < 1.29 is 4.79 Å². The molecule has 0 radical (unpaired) electrons. The van der Waals surface area contributed by atoms with Crippen LogP contribution < -0.4 is 5.32 Å². The monoisotopic (exact) mass is 353 g/mol. The van der Waals surface area contributed by atoms with Crippen LogP contribution in [0.4, 0.5) is 5.69 Å². The maximum absolute atomic E-state index is 12.0. The summed E-state index contributed by atoms with van der Waals surface area (Å²) in [6.45, 7) is 2.07. The fourth-order valence-electron chi connectivity index (χ4n) is 2.03. The van der Waals surface area contributed by atoms with Gasteiger partial charge in [0, 0.05) is 11.4 Å². The van der Waals surface area contributed by atoms with E-state index in [1.165, 1.54) is 0 Å². The second-order valence-corrected chi connectivity index (χ2v) is 6.60. The third kappa shape index (κ3) is 4.94. The Kier molecular flexibility index (Phi) is 6.62. The molecule has 0 saturated carbocycles. The lowest BCUT2D eigenvalue weighted by Crippen LogP contribution is -2.15. The zero-order valence-electron chi connectivity index (χ0n) is 12.2. The Hall–Kier alpha value is -1.16. The number of amides is 1. The van der Waals surface area contributed by atoms with Crippen molar-refractivity contribution in [1.29, 1.82) is 0 Å². The molecule has 0 bridgehead atoms. The summed E-state index contributed by atoms with van der Waals surface area (Å²) >= 11 is 13.4. The molecule has 2 aromatic rings. The summed E-state index contributed by atoms with van der Waals surface area (Å²) in [6.07, 6.45) is 0.896. The number of aryl methyl sites for hydroxylation is 1. The number of carbonyl (C=O) groups is 1. The molecule has 116 valence electrons. The maximum atomic E-state index is 12.0. The van der Waals surface area contributed by atoms with E-state index >= 15 is 0 Å². The highest BCUT2D eigenvalue weighted by Crippen LogP contribution is 2.24. The topological polar surface area (TPSA) is 29.1 Å². The molecule has 1 N–H and O–H groups in total. The van der Waals surface area contributed by atoms with Crippen molar-refractivity contribution in [3.05, 3.63) is 63.6 Å². The van der Waals surface area contributed by atoms with Crippen LogP contribution >= 0.6 is 35.0 Å². The third-order valence-electron chi connectivity index (χ3n) is 3.16. The van der Waals surface area contributed by atoms with Gasteiger partial charge < -0.3 is 5.32 Å². The van der Waals surface area contributed by atoms with Gasteiger partial charge in [-0.1, -0.05) is 54.4 Å². The SMILES string of the molecule is CCc1ccccc1NC(=O)CSCc1ccc(Cl)c(Cl)c1. The summed E-state index contributed by atoms with van der Waals surface area (Å²) in [4.78, 5) is 12.0. The molecule has 0 aliphatic rings. The summed E-state index contributed by atoms with van der Waals surface area (Å²) in [5.41, 5.74) is 3.09. The second-order valence-electron chi connectivity index (χ2n) is 4.80. The van der Waals surface area contributed by atoms with Crippen molar-refractivity contribution in [1.82, 2.24) is 0 Å². The van der Waals surface area contributed by atoms with E-state index in [2.05, 4.69) is 12.2 Å². The Morgan fingerprint density at radius 1 is 1.14 bits per heavy atom. The predicted molar refractivity (Wildman–Crippen MR) is 97.1 cm³/mol. The van der Waals surface area contributed by atoms with Crippen LogP contribution in [0.5, 0.6) is 0 Å². The van der Waals surface area contributed by atoms with Crippen LogP contribution in [0.1, 0.15) is 18.1 Å². The van der Waals surface area contributed by atoms with E-state index in [1.54, 1.807) is 17.8 Å². The van der Waals surface area contributed by atoms with E-state index in [-0.39, 0.29) is 5.91 Å². The van der Waals surface area contributed by atoms with E-state index in [4.69, 9.17) is 23.2 Å². The summed E-state index contributed by atoms with van der Waals surface area (Å²) in [5, 5.41) is 4.05. The molecule has 22 heavy (non-hydrogen) atoms. The normalized spacial score (nSPS) is 10.5. The Balaban J connectivity index is 1.84. The second kappa shape index (κ2) is 8.47.